The summed E-state index contributed by atoms with van der Waals surface area (Å²) in [5.41, 5.74) is 0.770. The van der Waals surface area contributed by atoms with Gasteiger partial charge in [0.2, 0.25) is 5.89 Å². The standard InChI is InChI=1S/C15H18Cl2N2O2/c1-8(2)14(9(3)20)15-18-13(19-21-15)7-10-11(16)5-4-6-12(10)17/h4-6,8-9,14,20H,7H2,1-3H3. The van der Waals surface area contributed by atoms with Crippen LogP contribution < -0.4 is 0 Å². The Morgan fingerprint density at radius 2 is 1.81 bits per heavy atom. The highest BCUT2D eigenvalue weighted by molar-refractivity contribution is 6.36. The normalized spacial score (nSPS) is 14.4. The van der Waals surface area contributed by atoms with Gasteiger partial charge in [-0.1, -0.05) is 48.3 Å². The number of halogens is 2. The van der Waals surface area contributed by atoms with Crippen LogP contribution in [0.2, 0.25) is 10.0 Å². The van der Waals surface area contributed by atoms with Crippen LogP contribution in [0.3, 0.4) is 0 Å². The highest BCUT2D eigenvalue weighted by atomic mass is 35.5. The molecule has 21 heavy (non-hydrogen) atoms. The van der Waals surface area contributed by atoms with Gasteiger partial charge in [0.25, 0.3) is 0 Å². The summed E-state index contributed by atoms with van der Waals surface area (Å²) in [6.07, 6.45) is -0.158. The quantitative estimate of drug-likeness (QED) is 0.898. The Labute approximate surface area is 134 Å². The van der Waals surface area contributed by atoms with E-state index in [2.05, 4.69) is 10.1 Å². The predicted molar refractivity (Wildman–Crippen MR) is 82.8 cm³/mol. The zero-order chi connectivity index (χ0) is 15.6. The summed E-state index contributed by atoms with van der Waals surface area (Å²) in [6, 6.07) is 5.34. The Balaban J connectivity index is 2.24. The van der Waals surface area contributed by atoms with Crippen LogP contribution in [0, 0.1) is 5.92 Å². The Bertz CT molecular complexity index is 583. The number of hydrogen-bond donors (Lipinski definition) is 1. The van der Waals surface area contributed by atoms with Crippen molar-refractivity contribution in [3.63, 3.8) is 0 Å². The molecule has 4 nitrogen and oxygen atoms in total. The SMILES string of the molecule is CC(C)C(c1nc(Cc2c(Cl)cccc2Cl)no1)C(C)O. The van der Waals surface area contributed by atoms with E-state index in [9.17, 15) is 5.11 Å². The number of aliphatic hydroxyl groups excluding tert-OH is 1. The third-order valence-electron chi connectivity index (χ3n) is 3.40. The monoisotopic (exact) mass is 328 g/mol. The van der Waals surface area contributed by atoms with Crippen LogP contribution >= 0.6 is 23.2 Å². The Morgan fingerprint density at radius 3 is 2.33 bits per heavy atom. The van der Waals surface area contributed by atoms with Gasteiger partial charge in [0.1, 0.15) is 0 Å². The maximum absolute atomic E-state index is 9.85. The molecule has 114 valence electrons. The number of benzene rings is 1. The maximum Gasteiger partial charge on any atom is 0.232 e. The van der Waals surface area contributed by atoms with Crippen LogP contribution in [0.1, 0.15) is 44.0 Å². The molecule has 0 aliphatic rings. The number of aromatic nitrogens is 2. The van der Waals surface area contributed by atoms with E-state index in [0.29, 0.717) is 28.2 Å². The molecule has 0 fully saturated rings. The fourth-order valence-corrected chi connectivity index (χ4v) is 2.91. The number of rotatable bonds is 5. The molecule has 2 rings (SSSR count). The smallest absolute Gasteiger partial charge is 0.232 e. The van der Waals surface area contributed by atoms with Gasteiger partial charge in [-0.15, -0.1) is 0 Å². The Hall–Kier alpha value is -1.10. The fourth-order valence-electron chi connectivity index (χ4n) is 2.38. The molecule has 0 aliphatic heterocycles. The second-order valence-electron chi connectivity index (χ2n) is 5.44. The van der Waals surface area contributed by atoms with Crippen molar-refractivity contribution in [2.24, 2.45) is 5.92 Å². The first-order valence-corrected chi connectivity index (χ1v) is 7.59. The van der Waals surface area contributed by atoms with E-state index in [-0.39, 0.29) is 11.8 Å². The molecule has 0 amide bonds. The highest BCUT2D eigenvalue weighted by Gasteiger charge is 2.27. The second-order valence-corrected chi connectivity index (χ2v) is 6.25. The molecule has 1 heterocycles. The summed E-state index contributed by atoms with van der Waals surface area (Å²) in [4.78, 5) is 4.38. The summed E-state index contributed by atoms with van der Waals surface area (Å²) in [5.74, 6) is 0.958. The minimum Gasteiger partial charge on any atom is -0.393 e. The lowest BCUT2D eigenvalue weighted by molar-refractivity contribution is 0.120. The molecule has 1 N–H and O–H groups in total. The van der Waals surface area contributed by atoms with Crippen molar-refractivity contribution >= 4 is 23.2 Å². The molecular weight excluding hydrogens is 311 g/mol. The van der Waals surface area contributed by atoms with Crippen LogP contribution in [0.4, 0.5) is 0 Å². The van der Waals surface area contributed by atoms with Gasteiger partial charge in [0, 0.05) is 16.5 Å². The second kappa shape index (κ2) is 6.77. The van der Waals surface area contributed by atoms with Gasteiger partial charge >= 0.3 is 0 Å². The van der Waals surface area contributed by atoms with Crippen molar-refractivity contribution in [3.8, 4) is 0 Å². The summed E-state index contributed by atoms with van der Waals surface area (Å²) < 4.78 is 5.29. The van der Waals surface area contributed by atoms with Gasteiger partial charge < -0.3 is 9.63 Å². The van der Waals surface area contributed by atoms with Crippen molar-refractivity contribution in [1.29, 1.82) is 0 Å². The zero-order valence-electron chi connectivity index (χ0n) is 12.2. The van der Waals surface area contributed by atoms with Gasteiger partial charge in [-0.2, -0.15) is 4.98 Å². The van der Waals surface area contributed by atoms with Crippen molar-refractivity contribution < 1.29 is 9.63 Å². The van der Waals surface area contributed by atoms with Crippen molar-refractivity contribution in [2.75, 3.05) is 0 Å². The van der Waals surface area contributed by atoms with Gasteiger partial charge in [0.05, 0.1) is 12.0 Å². The van der Waals surface area contributed by atoms with E-state index in [0.717, 1.165) is 5.56 Å². The van der Waals surface area contributed by atoms with Crippen LogP contribution in [0.25, 0.3) is 0 Å². The van der Waals surface area contributed by atoms with Crippen LogP contribution in [0.5, 0.6) is 0 Å². The van der Waals surface area contributed by atoms with Gasteiger partial charge in [-0.25, -0.2) is 0 Å². The lowest BCUT2D eigenvalue weighted by atomic mass is 9.91. The molecule has 6 heteroatoms. The predicted octanol–water partition coefficient (Wildman–Crippen LogP) is 4.09. The Morgan fingerprint density at radius 1 is 1.19 bits per heavy atom. The van der Waals surface area contributed by atoms with E-state index < -0.39 is 6.10 Å². The van der Waals surface area contributed by atoms with E-state index in [4.69, 9.17) is 27.7 Å². The van der Waals surface area contributed by atoms with E-state index >= 15 is 0 Å². The lowest BCUT2D eigenvalue weighted by Gasteiger charge is -2.19. The summed E-state index contributed by atoms with van der Waals surface area (Å²) in [7, 11) is 0. The Kier molecular flexibility index (Phi) is 5.25. The minimum atomic E-state index is -0.554. The summed E-state index contributed by atoms with van der Waals surface area (Å²) >= 11 is 12.3. The van der Waals surface area contributed by atoms with Gasteiger partial charge in [-0.05, 0) is 30.5 Å². The van der Waals surface area contributed by atoms with Crippen molar-refractivity contribution in [1.82, 2.24) is 10.1 Å². The van der Waals surface area contributed by atoms with Crippen molar-refractivity contribution in [2.45, 2.75) is 39.2 Å². The lowest BCUT2D eigenvalue weighted by Crippen LogP contribution is -2.20. The number of hydrogen-bond acceptors (Lipinski definition) is 4. The summed E-state index contributed by atoms with van der Waals surface area (Å²) in [5, 5.41) is 15.0. The molecule has 0 spiro atoms. The third-order valence-corrected chi connectivity index (χ3v) is 4.11. The van der Waals surface area contributed by atoms with Gasteiger partial charge in [0.15, 0.2) is 5.82 Å². The molecule has 1 aromatic carbocycles. The molecule has 0 radical (unpaired) electrons. The molecule has 1 aromatic heterocycles. The molecule has 0 saturated carbocycles. The molecule has 0 aliphatic carbocycles. The first kappa shape index (κ1) is 16.3. The molecule has 2 atom stereocenters. The molecule has 2 aromatic rings. The topological polar surface area (TPSA) is 59.2 Å². The number of aliphatic hydroxyl groups is 1. The van der Waals surface area contributed by atoms with Crippen LogP contribution in [-0.4, -0.2) is 21.4 Å². The average Bonchev–Trinajstić information content (AvgIpc) is 2.81. The van der Waals surface area contributed by atoms with Crippen molar-refractivity contribution in [3.05, 3.63) is 45.5 Å². The van der Waals surface area contributed by atoms with E-state index in [1.54, 1.807) is 25.1 Å². The molecule has 0 bridgehead atoms. The first-order valence-electron chi connectivity index (χ1n) is 6.83. The number of nitrogens with zero attached hydrogens (tertiary/aromatic N) is 2. The van der Waals surface area contributed by atoms with E-state index in [1.165, 1.54) is 0 Å². The largest absolute Gasteiger partial charge is 0.393 e. The minimum absolute atomic E-state index is 0.187. The highest BCUT2D eigenvalue weighted by Crippen LogP contribution is 2.29. The zero-order valence-corrected chi connectivity index (χ0v) is 13.7. The molecule has 2 unspecified atom stereocenters. The molecule has 0 saturated heterocycles. The molecular formula is C15H18Cl2N2O2. The average molecular weight is 329 g/mol. The van der Waals surface area contributed by atoms with Gasteiger partial charge in [-0.3, -0.25) is 0 Å². The van der Waals surface area contributed by atoms with Crippen LogP contribution in [0.15, 0.2) is 22.7 Å². The fraction of sp³-hybridized carbons (Fsp3) is 0.467. The third kappa shape index (κ3) is 3.76. The first-order chi connectivity index (χ1) is 9.90. The van der Waals surface area contributed by atoms with E-state index in [1.807, 2.05) is 13.8 Å². The summed E-state index contributed by atoms with van der Waals surface area (Å²) in [6.45, 7) is 5.73. The van der Waals surface area contributed by atoms with Crippen LogP contribution in [-0.2, 0) is 6.42 Å². The maximum atomic E-state index is 9.85.